The van der Waals surface area contributed by atoms with Crippen LogP contribution in [0.3, 0.4) is 0 Å². The molecule has 0 saturated carbocycles. The predicted molar refractivity (Wildman–Crippen MR) is 234 cm³/mol. The molecule has 2 nitrogen and oxygen atoms in total. The smallest absolute Gasteiger partial charge is 0.160 e. The summed E-state index contributed by atoms with van der Waals surface area (Å²) in [6.07, 6.45) is 0. The molecule has 0 amide bonds. The summed E-state index contributed by atoms with van der Waals surface area (Å²) >= 11 is 0. The Morgan fingerprint density at radius 2 is 0.727 bits per heavy atom. The van der Waals surface area contributed by atoms with Crippen molar-refractivity contribution in [3.8, 4) is 78.4 Å². The third kappa shape index (κ3) is 5.90. The zero-order chi connectivity index (χ0) is 36.9. The SMILES string of the molecule is C[Si]1(C)c2cc3ccccc3cc2-c2nc(-c3cccc(-c4cccc(-c5cc(-c6ccccc6)cc(-c6ccccc6)c5)c4)c3)nc(-c3ccccc3)c21. The molecule has 9 aromatic rings. The van der Waals surface area contributed by atoms with Gasteiger partial charge in [-0.05, 0) is 102 Å². The van der Waals surface area contributed by atoms with E-state index in [1.807, 2.05) is 0 Å². The van der Waals surface area contributed by atoms with E-state index in [1.54, 1.807) is 0 Å². The molecule has 0 N–H and O–H groups in total. The Labute approximate surface area is 323 Å². The third-order valence-electron chi connectivity index (χ3n) is 11.2. The van der Waals surface area contributed by atoms with Crippen LogP contribution >= 0.6 is 0 Å². The van der Waals surface area contributed by atoms with E-state index in [2.05, 4.69) is 207 Å². The van der Waals surface area contributed by atoms with Gasteiger partial charge in [-0.2, -0.15) is 0 Å². The zero-order valence-electron chi connectivity index (χ0n) is 30.9. The van der Waals surface area contributed by atoms with Crippen LogP contribution in [0.2, 0.25) is 13.1 Å². The molecule has 0 spiro atoms. The maximum atomic E-state index is 5.45. The van der Waals surface area contributed by atoms with Gasteiger partial charge in [0.2, 0.25) is 0 Å². The second-order valence-electron chi connectivity index (χ2n) is 15.0. The summed E-state index contributed by atoms with van der Waals surface area (Å²) in [7, 11) is -2.13. The Morgan fingerprint density at radius 3 is 1.31 bits per heavy atom. The zero-order valence-corrected chi connectivity index (χ0v) is 31.9. The third-order valence-corrected chi connectivity index (χ3v) is 14.7. The molecule has 260 valence electrons. The maximum absolute atomic E-state index is 5.45. The molecule has 0 aliphatic carbocycles. The van der Waals surface area contributed by atoms with Crippen molar-refractivity contribution in [2.45, 2.75) is 13.1 Å². The Kier molecular flexibility index (Phi) is 7.97. The van der Waals surface area contributed by atoms with Gasteiger partial charge in [0.05, 0.1) is 11.4 Å². The Bertz CT molecular complexity index is 2820. The fraction of sp³-hybridized carbons (Fsp3) is 0.0385. The highest BCUT2D eigenvalue weighted by molar-refractivity contribution is 7.04. The number of rotatable bonds is 6. The molecule has 0 atom stereocenters. The van der Waals surface area contributed by atoms with Gasteiger partial charge in [-0.15, -0.1) is 0 Å². The quantitative estimate of drug-likeness (QED) is 0.160. The lowest BCUT2D eigenvalue weighted by Crippen LogP contribution is -2.50. The summed E-state index contributed by atoms with van der Waals surface area (Å²) < 4.78 is 0. The molecule has 0 radical (unpaired) electrons. The summed E-state index contributed by atoms with van der Waals surface area (Å²) in [6.45, 7) is 4.90. The monoisotopic (exact) mass is 718 g/mol. The Balaban J connectivity index is 1.10. The summed E-state index contributed by atoms with van der Waals surface area (Å²) in [6, 6.07) is 70.0. The lowest BCUT2D eigenvalue weighted by Gasteiger charge is -2.22. The van der Waals surface area contributed by atoms with Crippen LogP contribution in [0.1, 0.15) is 0 Å². The number of aromatic nitrogens is 2. The highest BCUT2D eigenvalue weighted by atomic mass is 28.3. The van der Waals surface area contributed by atoms with E-state index in [9.17, 15) is 0 Å². The van der Waals surface area contributed by atoms with E-state index in [0.717, 1.165) is 39.5 Å². The second kappa shape index (κ2) is 13.3. The largest absolute Gasteiger partial charge is 0.228 e. The van der Waals surface area contributed by atoms with Crippen molar-refractivity contribution in [2.24, 2.45) is 0 Å². The molecule has 2 heterocycles. The van der Waals surface area contributed by atoms with E-state index in [-0.39, 0.29) is 0 Å². The van der Waals surface area contributed by atoms with Gasteiger partial charge in [0.1, 0.15) is 8.07 Å². The number of hydrogen-bond acceptors (Lipinski definition) is 2. The number of fused-ring (bicyclic) bond motifs is 4. The van der Waals surface area contributed by atoms with Crippen LogP contribution in [0.25, 0.3) is 89.2 Å². The van der Waals surface area contributed by atoms with Gasteiger partial charge in [-0.1, -0.05) is 171 Å². The van der Waals surface area contributed by atoms with E-state index >= 15 is 0 Å². The van der Waals surface area contributed by atoms with Gasteiger partial charge < -0.3 is 0 Å². The lowest BCUT2D eigenvalue weighted by molar-refractivity contribution is 1.20. The molecular formula is C52H38N2Si. The molecule has 3 heteroatoms. The minimum Gasteiger partial charge on any atom is -0.228 e. The highest BCUT2D eigenvalue weighted by Crippen LogP contribution is 2.38. The Morgan fingerprint density at radius 1 is 0.327 bits per heavy atom. The van der Waals surface area contributed by atoms with Crippen LogP contribution in [0.4, 0.5) is 0 Å². The van der Waals surface area contributed by atoms with E-state index in [4.69, 9.17) is 9.97 Å². The first-order chi connectivity index (χ1) is 27.0. The Hall–Kier alpha value is -6.68. The highest BCUT2D eigenvalue weighted by Gasteiger charge is 2.42. The van der Waals surface area contributed by atoms with Crippen LogP contribution < -0.4 is 10.4 Å². The normalized spacial score (nSPS) is 12.7. The van der Waals surface area contributed by atoms with E-state index < -0.39 is 8.07 Å². The molecule has 0 saturated heterocycles. The lowest BCUT2D eigenvalue weighted by atomic mass is 9.92. The van der Waals surface area contributed by atoms with Gasteiger partial charge in [0.25, 0.3) is 0 Å². The van der Waals surface area contributed by atoms with Crippen molar-refractivity contribution in [2.75, 3.05) is 0 Å². The molecule has 10 rings (SSSR count). The van der Waals surface area contributed by atoms with Crippen molar-refractivity contribution in [1.29, 1.82) is 0 Å². The standard InChI is InChI=1S/C52H38N2Si/c1-55(2)48-34-42-23-13-12-22-41(42)33-47(48)50-51(55)49(37-20-10-5-11-21-37)53-52(54-50)43-27-15-25-39(29-43)38-24-14-26-40(28-38)46-31-44(35-16-6-3-7-17-35)30-45(32-46)36-18-8-4-9-19-36/h3-34H,1-2H3. The molecule has 0 unspecified atom stereocenters. The van der Waals surface area contributed by atoms with Crippen LogP contribution in [0.15, 0.2) is 194 Å². The molecule has 0 fully saturated rings. The van der Waals surface area contributed by atoms with Crippen molar-refractivity contribution in [3.05, 3.63) is 194 Å². The molecule has 55 heavy (non-hydrogen) atoms. The first-order valence-corrected chi connectivity index (χ1v) is 22.0. The van der Waals surface area contributed by atoms with Gasteiger partial charge in [0.15, 0.2) is 5.82 Å². The number of hydrogen-bond donors (Lipinski definition) is 0. The van der Waals surface area contributed by atoms with Gasteiger partial charge in [-0.3, -0.25) is 0 Å². The predicted octanol–water partition coefficient (Wildman–Crippen LogP) is 12.4. The van der Waals surface area contributed by atoms with Crippen molar-refractivity contribution in [3.63, 3.8) is 0 Å². The van der Waals surface area contributed by atoms with Crippen molar-refractivity contribution in [1.82, 2.24) is 9.97 Å². The summed E-state index contributed by atoms with van der Waals surface area (Å²) in [4.78, 5) is 10.9. The van der Waals surface area contributed by atoms with Crippen LogP contribution in [0, 0.1) is 0 Å². The molecule has 1 aromatic heterocycles. The van der Waals surface area contributed by atoms with Gasteiger partial charge in [0, 0.05) is 16.7 Å². The fourth-order valence-corrected chi connectivity index (χ4v) is 11.6. The fourth-order valence-electron chi connectivity index (χ4n) is 8.37. The van der Waals surface area contributed by atoms with Crippen LogP contribution in [0.5, 0.6) is 0 Å². The molecule has 1 aliphatic rings. The number of benzene rings is 8. The van der Waals surface area contributed by atoms with Crippen molar-refractivity contribution < 1.29 is 0 Å². The molecule has 1 aliphatic heterocycles. The maximum Gasteiger partial charge on any atom is 0.160 e. The van der Waals surface area contributed by atoms with Crippen LogP contribution in [-0.2, 0) is 0 Å². The summed E-state index contributed by atoms with van der Waals surface area (Å²) in [5, 5.41) is 5.28. The topological polar surface area (TPSA) is 25.8 Å². The number of nitrogens with zero attached hydrogens (tertiary/aromatic N) is 2. The minimum atomic E-state index is -2.13. The molecule has 8 aromatic carbocycles. The van der Waals surface area contributed by atoms with E-state index in [1.165, 1.54) is 60.1 Å². The van der Waals surface area contributed by atoms with Crippen LogP contribution in [-0.4, -0.2) is 18.0 Å². The minimum absolute atomic E-state index is 0.754. The average Bonchev–Trinajstić information content (AvgIpc) is 3.48. The molecular weight excluding hydrogens is 681 g/mol. The van der Waals surface area contributed by atoms with Gasteiger partial charge in [-0.25, -0.2) is 9.97 Å². The summed E-state index contributed by atoms with van der Waals surface area (Å²) in [5.41, 5.74) is 15.0. The second-order valence-corrected chi connectivity index (χ2v) is 19.3. The van der Waals surface area contributed by atoms with E-state index in [0.29, 0.717) is 0 Å². The van der Waals surface area contributed by atoms with Gasteiger partial charge >= 0.3 is 0 Å². The summed E-state index contributed by atoms with van der Waals surface area (Å²) in [5.74, 6) is 0.754. The van der Waals surface area contributed by atoms with Crippen molar-refractivity contribution >= 4 is 29.2 Å². The average molecular weight is 719 g/mol. The first kappa shape index (κ1) is 32.9. The first-order valence-electron chi connectivity index (χ1n) is 19.0. The molecule has 0 bridgehead atoms.